The first-order valence-electron chi connectivity index (χ1n) is 4.55. The maximum atomic E-state index is 11.5. The smallest absolute Gasteiger partial charge is 0.193 e. The minimum Gasteiger partial charge on any atom is -0.399 e. The van der Waals surface area contributed by atoms with Gasteiger partial charge in [-0.05, 0) is 5.56 Å². The van der Waals surface area contributed by atoms with Gasteiger partial charge in [0.1, 0.15) is 7.11 Å². The summed E-state index contributed by atoms with van der Waals surface area (Å²) in [6, 6.07) is 7.16. The summed E-state index contributed by atoms with van der Waals surface area (Å²) >= 11 is 0. The molecule has 82 valence electrons. The largest absolute Gasteiger partial charge is 0.399 e. The van der Waals surface area contributed by atoms with Crippen molar-refractivity contribution in [3.05, 3.63) is 35.4 Å². The van der Waals surface area contributed by atoms with Gasteiger partial charge in [-0.15, -0.1) is 0 Å². The van der Waals surface area contributed by atoms with Crippen molar-refractivity contribution >= 4 is 12.0 Å². The molecule has 5 heteroatoms. The van der Waals surface area contributed by atoms with Crippen LogP contribution >= 0.6 is 0 Å². The Hall–Kier alpha value is -2.19. The second kappa shape index (κ2) is 5.63. The third-order valence-corrected chi connectivity index (χ3v) is 1.92. The Morgan fingerprint density at radius 3 is 2.69 bits per heavy atom. The van der Waals surface area contributed by atoms with Gasteiger partial charge >= 0.3 is 0 Å². The average Bonchev–Trinajstić information content (AvgIpc) is 2.35. The molecule has 0 heterocycles. The molecule has 0 aliphatic heterocycles. The number of carbonyl (C=O) groups excluding carboxylic acids is 1. The van der Waals surface area contributed by atoms with Crippen molar-refractivity contribution in [1.29, 1.82) is 5.26 Å². The molecule has 0 aromatic heterocycles. The Morgan fingerprint density at radius 2 is 2.19 bits per heavy atom. The molecule has 0 aliphatic carbocycles. The Morgan fingerprint density at radius 1 is 1.56 bits per heavy atom. The molecule has 0 fully saturated rings. The molecule has 0 bridgehead atoms. The number of nitrogens with two attached hydrogens (primary N) is 1. The monoisotopic (exact) mass is 217 g/mol. The van der Waals surface area contributed by atoms with Gasteiger partial charge in [0.05, 0.1) is 12.3 Å². The second-order valence-corrected chi connectivity index (χ2v) is 3.01. The van der Waals surface area contributed by atoms with Gasteiger partial charge in [-0.25, -0.2) is 0 Å². The van der Waals surface area contributed by atoms with Gasteiger partial charge in [-0.3, -0.25) is 4.79 Å². The first-order chi connectivity index (χ1) is 7.69. The molecule has 0 saturated carbocycles. The fourth-order valence-electron chi connectivity index (χ4n) is 1.09. The number of nitriles is 1. The summed E-state index contributed by atoms with van der Waals surface area (Å²) in [5.74, 6) is -0.391. The van der Waals surface area contributed by atoms with E-state index in [2.05, 4.69) is 9.99 Å². The molecular weight excluding hydrogens is 206 g/mol. The van der Waals surface area contributed by atoms with Crippen molar-refractivity contribution < 1.29 is 9.63 Å². The lowest BCUT2D eigenvalue weighted by Gasteiger charge is -2.02. The van der Waals surface area contributed by atoms with E-state index in [0.717, 1.165) is 5.56 Å². The lowest BCUT2D eigenvalue weighted by Crippen LogP contribution is -2.28. The number of Topliss-reactive ketones (excluding diaryl/α,β-unsaturated/α-hetero) is 1. The number of rotatable bonds is 4. The first-order valence-corrected chi connectivity index (χ1v) is 4.55. The van der Waals surface area contributed by atoms with E-state index in [9.17, 15) is 4.79 Å². The van der Waals surface area contributed by atoms with Gasteiger partial charge in [-0.2, -0.15) is 5.26 Å². The van der Waals surface area contributed by atoms with E-state index in [1.54, 1.807) is 30.3 Å². The van der Waals surface area contributed by atoms with Crippen LogP contribution in [-0.4, -0.2) is 25.1 Å². The number of hydrogen-bond acceptors (Lipinski definition) is 5. The lowest BCUT2D eigenvalue weighted by atomic mass is 10.0. The van der Waals surface area contributed by atoms with Crippen LogP contribution in [0.25, 0.3) is 0 Å². The van der Waals surface area contributed by atoms with E-state index >= 15 is 0 Å². The minimum atomic E-state index is -1.11. The maximum Gasteiger partial charge on any atom is 0.193 e. The van der Waals surface area contributed by atoms with Crippen molar-refractivity contribution in [3.63, 3.8) is 0 Å². The van der Waals surface area contributed by atoms with Crippen LogP contribution < -0.4 is 5.73 Å². The third-order valence-electron chi connectivity index (χ3n) is 1.92. The van der Waals surface area contributed by atoms with Crippen LogP contribution in [0, 0.1) is 11.3 Å². The molecule has 0 radical (unpaired) electrons. The molecular formula is C11H11N3O2. The predicted molar refractivity (Wildman–Crippen MR) is 59.0 cm³/mol. The quantitative estimate of drug-likeness (QED) is 0.456. The maximum absolute atomic E-state index is 11.5. The van der Waals surface area contributed by atoms with Crippen LogP contribution in [-0.2, 0) is 4.84 Å². The molecule has 16 heavy (non-hydrogen) atoms. The minimum absolute atomic E-state index is 0.391. The van der Waals surface area contributed by atoms with Crippen LogP contribution in [0.4, 0.5) is 0 Å². The molecule has 1 rings (SSSR count). The van der Waals surface area contributed by atoms with Gasteiger partial charge in [0.25, 0.3) is 0 Å². The highest BCUT2D eigenvalue weighted by atomic mass is 16.6. The molecule has 5 nitrogen and oxygen atoms in total. The van der Waals surface area contributed by atoms with Crippen LogP contribution in [0.1, 0.15) is 15.9 Å². The van der Waals surface area contributed by atoms with E-state index < -0.39 is 11.8 Å². The topological polar surface area (TPSA) is 88.5 Å². The van der Waals surface area contributed by atoms with Crippen molar-refractivity contribution in [1.82, 2.24) is 0 Å². The van der Waals surface area contributed by atoms with E-state index in [1.165, 1.54) is 13.3 Å². The van der Waals surface area contributed by atoms with Gasteiger partial charge < -0.3 is 10.6 Å². The predicted octanol–water partition coefficient (Wildman–Crippen LogP) is 0.700. The zero-order valence-corrected chi connectivity index (χ0v) is 8.75. The average molecular weight is 217 g/mol. The van der Waals surface area contributed by atoms with Crippen molar-refractivity contribution in [2.45, 2.75) is 6.04 Å². The van der Waals surface area contributed by atoms with E-state index in [-0.39, 0.29) is 0 Å². The van der Waals surface area contributed by atoms with Gasteiger partial charge in [0.15, 0.2) is 11.8 Å². The highest BCUT2D eigenvalue weighted by Crippen LogP contribution is 2.05. The summed E-state index contributed by atoms with van der Waals surface area (Å²) in [7, 11) is 1.44. The first kappa shape index (κ1) is 11.9. The Kier molecular flexibility index (Phi) is 4.18. The molecule has 0 spiro atoms. The SMILES string of the molecule is CON=Cc1ccc(C(=O)C(N)C#N)cc1. The number of nitrogens with zero attached hydrogens (tertiary/aromatic N) is 2. The summed E-state index contributed by atoms with van der Waals surface area (Å²) in [4.78, 5) is 16.0. The molecule has 1 unspecified atom stereocenters. The van der Waals surface area contributed by atoms with E-state index in [4.69, 9.17) is 11.0 Å². The van der Waals surface area contributed by atoms with Crippen LogP contribution in [0.3, 0.4) is 0 Å². The number of benzene rings is 1. The summed E-state index contributed by atoms with van der Waals surface area (Å²) < 4.78 is 0. The fourth-order valence-corrected chi connectivity index (χ4v) is 1.09. The van der Waals surface area contributed by atoms with Crippen LogP contribution in [0.2, 0.25) is 0 Å². The highest BCUT2D eigenvalue weighted by molar-refractivity contribution is 6.02. The molecule has 0 saturated heterocycles. The number of hydrogen-bond donors (Lipinski definition) is 1. The van der Waals surface area contributed by atoms with Gasteiger partial charge in [-0.1, -0.05) is 29.4 Å². The summed E-state index contributed by atoms with van der Waals surface area (Å²) in [5.41, 5.74) is 6.51. The number of ketones is 1. The fraction of sp³-hybridized carbons (Fsp3) is 0.182. The molecule has 0 amide bonds. The highest BCUT2D eigenvalue weighted by Gasteiger charge is 2.13. The lowest BCUT2D eigenvalue weighted by molar-refractivity contribution is 0.0980. The molecule has 1 aromatic carbocycles. The van der Waals surface area contributed by atoms with E-state index in [1.807, 2.05) is 0 Å². The molecule has 0 aliphatic rings. The van der Waals surface area contributed by atoms with Crippen LogP contribution in [0.15, 0.2) is 29.4 Å². The molecule has 1 atom stereocenters. The second-order valence-electron chi connectivity index (χ2n) is 3.01. The summed E-state index contributed by atoms with van der Waals surface area (Å²) in [6.45, 7) is 0. The van der Waals surface area contributed by atoms with Crippen LogP contribution in [0.5, 0.6) is 0 Å². The zero-order valence-electron chi connectivity index (χ0n) is 8.75. The van der Waals surface area contributed by atoms with Gasteiger partial charge in [0.2, 0.25) is 0 Å². The Bertz CT molecular complexity index is 432. The van der Waals surface area contributed by atoms with Crippen molar-refractivity contribution in [2.24, 2.45) is 10.9 Å². The third kappa shape index (κ3) is 2.90. The zero-order chi connectivity index (χ0) is 12.0. The number of carbonyl (C=O) groups is 1. The van der Waals surface area contributed by atoms with Crippen molar-refractivity contribution in [3.8, 4) is 6.07 Å². The summed E-state index contributed by atoms with van der Waals surface area (Å²) in [6.07, 6.45) is 1.51. The van der Waals surface area contributed by atoms with Crippen molar-refractivity contribution in [2.75, 3.05) is 7.11 Å². The molecule has 2 N–H and O–H groups in total. The Labute approximate surface area is 93.1 Å². The normalized spacial score (nSPS) is 12.1. The number of oxime groups is 1. The standard InChI is InChI=1S/C11H11N3O2/c1-16-14-7-8-2-4-9(5-3-8)11(15)10(13)6-12/h2-5,7,10H,13H2,1H3. The Balaban J connectivity index is 2.83. The summed E-state index contributed by atoms with van der Waals surface area (Å²) in [5, 5.41) is 12.1. The van der Waals surface area contributed by atoms with Gasteiger partial charge in [0, 0.05) is 5.56 Å². The molecule has 1 aromatic rings. The van der Waals surface area contributed by atoms with E-state index in [0.29, 0.717) is 5.56 Å².